The van der Waals surface area contributed by atoms with Gasteiger partial charge in [0.15, 0.2) is 6.10 Å². The Hall–Kier alpha value is -2.92. The van der Waals surface area contributed by atoms with Gasteiger partial charge in [0.1, 0.15) is 6.61 Å². The lowest BCUT2D eigenvalue weighted by atomic mass is 10.1. The zero-order valence-corrected chi connectivity index (χ0v) is 32.1. The van der Waals surface area contributed by atoms with E-state index in [9.17, 15) is 14.7 Å². The van der Waals surface area contributed by atoms with Crippen molar-refractivity contribution in [1.29, 1.82) is 0 Å². The molecule has 0 fully saturated rings. The molecule has 1 N–H and O–H groups in total. The summed E-state index contributed by atoms with van der Waals surface area (Å²) in [4.78, 5) is 24.2. The van der Waals surface area contributed by atoms with Crippen molar-refractivity contribution in [2.45, 2.75) is 174 Å². The van der Waals surface area contributed by atoms with Gasteiger partial charge in [0.25, 0.3) is 0 Å². The van der Waals surface area contributed by atoms with E-state index >= 15 is 0 Å². The van der Waals surface area contributed by atoms with Crippen LogP contribution in [0.15, 0.2) is 85.1 Å². The smallest absolute Gasteiger partial charge is 0.306 e. The second-order valence-corrected chi connectivity index (χ2v) is 13.0. The van der Waals surface area contributed by atoms with E-state index in [4.69, 9.17) is 9.47 Å². The molecule has 0 spiro atoms. The zero-order chi connectivity index (χ0) is 36.4. The van der Waals surface area contributed by atoms with Crippen LogP contribution in [0.25, 0.3) is 0 Å². The van der Waals surface area contributed by atoms with Gasteiger partial charge < -0.3 is 14.6 Å². The minimum absolute atomic E-state index is 0.110. The van der Waals surface area contributed by atoms with Gasteiger partial charge in [-0.2, -0.15) is 0 Å². The Morgan fingerprint density at radius 1 is 0.460 bits per heavy atom. The largest absolute Gasteiger partial charge is 0.462 e. The van der Waals surface area contributed by atoms with Gasteiger partial charge in [0.2, 0.25) is 0 Å². The second-order valence-electron chi connectivity index (χ2n) is 13.0. The standard InChI is InChI=1S/C45H74O5/c1-3-5-7-9-11-13-15-17-19-21-22-24-26-28-30-32-34-36-38-40-45(48)50-43(41-46)42-49-44(47)39-37-35-33-31-29-27-25-23-20-18-16-14-12-10-8-6-4-2/h11,13,17-20,22,24-25,27-28,30-31,33,43,46H,3-10,12,14-16,21,23,26,29,32,34-42H2,1-2H3/b13-11-,19-17-,20-18-,24-22-,27-25-,30-28-,33-31-/t43-/m0/s1. The number of aliphatic hydroxyl groups is 1. The number of rotatable bonds is 35. The van der Waals surface area contributed by atoms with Crippen molar-refractivity contribution in [3.63, 3.8) is 0 Å². The van der Waals surface area contributed by atoms with E-state index in [1.54, 1.807) is 0 Å². The monoisotopic (exact) mass is 695 g/mol. The van der Waals surface area contributed by atoms with Crippen molar-refractivity contribution in [1.82, 2.24) is 0 Å². The van der Waals surface area contributed by atoms with Gasteiger partial charge in [-0.1, -0.05) is 150 Å². The van der Waals surface area contributed by atoms with Gasteiger partial charge >= 0.3 is 11.9 Å². The van der Waals surface area contributed by atoms with Crippen LogP contribution in [0.4, 0.5) is 0 Å². The fourth-order valence-electron chi connectivity index (χ4n) is 5.08. The Morgan fingerprint density at radius 3 is 1.30 bits per heavy atom. The van der Waals surface area contributed by atoms with Crippen LogP contribution in [0.3, 0.4) is 0 Å². The molecule has 0 aromatic rings. The van der Waals surface area contributed by atoms with Crippen LogP contribution in [0, 0.1) is 0 Å². The highest BCUT2D eigenvalue weighted by atomic mass is 16.6. The lowest BCUT2D eigenvalue weighted by molar-refractivity contribution is -0.161. The number of carbonyl (C=O) groups excluding carboxylic acids is 2. The molecule has 0 aliphatic rings. The highest BCUT2D eigenvalue weighted by Crippen LogP contribution is 2.09. The van der Waals surface area contributed by atoms with Gasteiger partial charge in [-0.15, -0.1) is 0 Å². The van der Waals surface area contributed by atoms with Crippen LogP contribution in [0.1, 0.15) is 168 Å². The summed E-state index contributed by atoms with van der Waals surface area (Å²) in [5.41, 5.74) is 0. The van der Waals surface area contributed by atoms with E-state index < -0.39 is 6.10 Å². The molecule has 0 unspecified atom stereocenters. The number of carbonyl (C=O) groups is 2. The topological polar surface area (TPSA) is 72.8 Å². The fourth-order valence-corrected chi connectivity index (χ4v) is 5.08. The van der Waals surface area contributed by atoms with Crippen molar-refractivity contribution in [3.05, 3.63) is 85.1 Å². The van der Waals surface area contributed by atoms with E-state index in [1.165, 1.54) is 70.6 Å². The first kappa shape index (κ1) is 47.1. The maximum Gasteiger partial charge on any atom is 0.306 e. The summed E-state index contributed by atoms with van der Waals surface area (Å²) in [6.07, 6.45) is 55.0. The van der Waals surface area contributed by atoms with Crippen LogP contribution < -0.4 is 0 Å². The van der Waals surface area contributed by atoms with Gasteiger partial charge in [-0.25, -0.2) is 0 Å². The molecule has 284 valence electrons. The van der Waals surface area contributed by atoms with Crippen molar-refractivity contribution >= 4 is 11.9 Å². The summed E-state index contributed by atoms with van der Waals surface area (Å²) in [5, 5.41) is 9.55. The summed E-state index contributed by atoms with van der Waals surface area (Å²) >= 11 is 0. The zero-order valence-electron chi connectivity index (χ0n) is 32.1. The quantitative estimate of drug-likeness (QED) is 0.0406. The van der Waals surface area contributed by atoms with Crippen LogP contribution in [0.2, 0.25) is 0 Å². The predicted molar refractivity (Wildman–Crippen MR) is 214 cm³/mol. The molecule has 50 heavy (non-hydrogen) atoms. The van der Waals surface area contributed by atoms with E-state index in [0.29, 0.717) is 19.3 Å². The van der Waals surface area contributed by atoms with Crippen molar-refractivity contribution in [2.24, 2.45) is 0 Å². The average Bonchev–Trinajstić information content (AvgIpc) is 3.12. The molecule has 5 heteroatoms. The normalized spacial score (nSPS) is 13.1. The lowest BCUT2D eigenvalue weighted by Gasteiger charge is -2.15. The molecular formula is C45H74O5. The summed E-state index contributed by atoms with van der Waals surface area (Å²) in [6, 6.07) is 0. The molecule has 0 saturated carbocycles. The number of allylic oxidation sites excluding steroid dienone is 14. The van der Waals surface area contributed by atoms with Crippen molar-refractivity contribution < 1.29 is 24.2 Å². The first-order valence-electron chi connectivity index (χ1n) is 20.1. The Bertz CT molecular complexity index is 968. The molecule has 0 aliphatic carbocycles. The molecule has 0 radical (unpaired) electrons. The van der Waals surface area contributed by atoms with Crippen LogP contribution in [0.5, 0.6) is 0 Å². The Balaban J connectivity index is 3.74. The molecule has 0 aliphatic heterocycles. The number of unbranched alkanes of at least 4 members (excludes halogenated alkanes) is 13. The lowest BCUT2D eigenvalue weighted by Crippen LogP contribution is -2.28. The molecule has 0 heterocycles. The van der Waals surface area contributed by atoms with Crippen LogP contribution >= 0.6 is 0 Å². The molecule has 0 aromatic carbocycles. The summed E-state index contributed by atoms with van der Waals surface area (Å²) in [6.45, 7) is 4.01. The van der Waals surface area contributed by atoms with Gasteiger partial charge in [0, 0.05) is 12.8 Å². The molecule has 0 aromatic heterocycles. The maximum atomic E-state index is 12.2. The van der Waals surface area contributed by atoms with Crippen LogP contribution in [-0.4, -0.2) is 36.4 Å². The van der Waals surface area contributed by atoms with E-state index in [1.807, 2.05) is 0 Å². The molecule has 5 nitrogen and oxygen atoms in total. The van der Waals surface area contributed by atoms with Gasteiger partial charge in [-0.05, 0) is 89.9 Å². The molecular weight excluding hydrogens is 620 g/mol. The minimum Gasteiger partial charge on any atom is -0.462 e. The number of aliphatic hydroxyl groups excluding tert-OH is 1. The maximum absolute atomic E-state index is 12.2. The number of hydrogen-bond donors (Lipinski definition) is 1. The Morgan fingerprint density at radius 2 is 0.820 bits per heavy atom. The summed E-state index contributed by atoms with van der Waals surface area (Å²) in [7, 11) is 0. The fraction of sp³-hybridized carbons (Fsp3) is 0.644. The molecule has 1 atom stereocenters. The molecule has 0 rings (SSSR count). The van der Waals surface area contributed by atoms with Gasteiger partial charge in [0.05, 0.1) is 6.61 Å². The van der Waals surface area contributed by atoms with Crippen LogP contribution in [-0.2, 0) is 19.1 Å². The molecule has 0 amide bonds. The highest BCUT2D eigenvalue weighted by Gasteiger charge is 2.15. The van der Waals surface area contributed by atoms with E-state index in [0.717, 1.165) is 64.2 Å². The minimum atomic E-state index is -0.813. The highest BCUT2D eigenvalue weighted by molar-refractivity contribution is 5.70. The number of ether oxygens (including phenoxy) is 2. The molecule has 0 bridgehead atoms. The van der Waals surface area contributed by atoms with Gasteiger partial charge in [-0.3, -0.25) is 9.59 Å². The summed E-state index contributed by atoms with van der Waals surface area (Å²) in [5.74, 6) is -0.696. The first-order valence-corrected chi connectivity index (χ1v) is 20.1. The average molecular weight is 695 g/mol. The summed E-state index contributed by atoms with van der Waals surface area (Å²) < 4.78 is 10.5. The third-order valence-electron chi connectivity index (χ3n) is 8.16. The SMILES string of the molecule is CCCCC/C=C\C/C=C\C/C=C\C/C=C\CCCCCC(=O)O[C@@H](CO)COC(=O)CCC/C=C\C/C=C\C/C=C\CCCCCCCC. The second kappa shape index (κ2) is 40.5. The molecule has 0 saturated heterocycles. The van der Waals surface area contributed by atoms with E-state index in [-0.39, 0.29) is 25.2 Å². The first-order chi connectivity index (χ1) is 24.6. The number of esters is 2. The third kappa shape index (κ3) is 37.9. The third-order valence-corrected chi connectivity index (χ3v) is 8.16. The predicted octanol–water partition coefficient (Wildman–Crippen LogP) is 12.7. The Kier molecular flexibility index (Phi) is 38.1. The van der Waals surface area contributed by atoms with E-state index in [2.05, 4.69) is 98.9 Å². The number of hydrogen-bond acceptors (Lipinski definition) is 5. The Labute approximate surface area is 307 Å². The van der Waals surface area contributed by atoms with Crippen molar-refractivity contribution in [3.8, 4) is 0 Å². The van der Waals surface area contributed by atoms with Crippen molar-refractivity contribution in [2.75, 3.05) is 13.2 Å².